The van der Waals surface area contributed by atoms with Crippen LogP contribution >= 0.6 is 0 Å². The number of aromatic nitrogens is 3. The van der Waals surface area contributed by atoms with Crippen LogP contribution in [0.5, 0.6) is 5.75 Å². The SMILES string of the molecule is CCn1ncc(OC)c1C(O)c1ccc(F)cn1. The molecule has 2 heterocycles. The summed E-state index contributed by atoms with van der Waals surface area (Å²) in [5.41, 5.74) is 0.865. The molecule has 0 aliphatic rings. The average molecular weight is 251 g/mol. The highest BCUT2D eigenvalue weighted by Crippen LogP contribution is 2.28. The zero-order chi connectivity index (χ0) is 13.1. The zero-order valence-corrected chi connectivity index (χ0v) is 10.2. The smallest absolute Gasteiger partial charge is 0.163 e. The maximum Gasteiger partial charge on any atom is 0.163 e. The Bertz CT molecular complexity index is 503. The van der Waals surface area contributed by atoms with Gasteiger partial charge in [-0.2, -0.15) is 5.10 Å². The largest absolute Gasteiger partial charge is 0.493 e. The van der Waals surface area contributed by atoms with E-state index in [1.807, 2.05) is 6.92 Å². The molecular formula is C12H14FN3O2. The Balaban J connectivity index is 2.41. The van der Waals surface area contributed by atoms with Crippen molar-refractivity contribution in [3.8, 4) is 5.75 Å². The molecule has 0 radical (unpaired) electrons. The minimum Gasteiger partial charge on any atom is -0.493 e. The van der Waals surface area contributed by atoms with Crippen molar-refractivity contribution in [1.29, 1.82) is 0 Å². The van der Waals surface area contributed by atoms with Gasteiger partial charge in [0, 0.05) is 6.54 Å². The molecule has 96 valence electrons. The molecule has 0 saturated carbocycles. The highest BCUT2D eigenvalue weighted by Gasteiger charge is 2.22. The highest BCUT2D eigenvalue weighted by atomic mass is 19.1. The lowest BCUT2D eigenvalue weighted by molar-refractivity contribution is 0.197. The van der Waals surface area contributed by atoms with Crippen LogP contribution in [-0.4, -0.2) is 27.0 Å². The fraction of sp³-hybridized carbons (Fsp3) is 0.333. The molecule has 0 fully saturated rings. The summed E-state index contributed by atoms with van der Waals surface area (Å²) in [6, 6.07) is 2.69. The van der Waals surface area contributed by atoms with E-state index in [1.54, 1.807) is 4.68 Å². The molecule has 0 aromatic carbocycles. The maximum atomic E-state index is 12.8. The molecular weight excluding hydrogens is 237 g/mol. The fourth-order valence-electron chi connectivity index (χ4n) is 1.75. The molecule has 0 aliphatic heterocycles. The van der Waals surface area contributed by atoms with Gasteiger partial charge in [0.15, 0.2) is 5.75 Å². The number of methoxy groups -OCH3 is 1. The molecule has 1 atom stereocenters. The lowest BCUT2D eigenvalue weighted by Crippen LogP contribution is -2.11. The number of aryl methyl sites for hydroxylation is 1. The third-order valence-corrected chi connectivity index (χ3v) is 2.65. The van der Waals surface area contributed by atoms with Gasteiger partial charge in [0.2, 0.25) is 0 Å². The van der Waals surface area contributed by atoms with Crippen molar-refractivity contribution in [3.63, 3.8) is 0 Å². The molecule has 1 N–H and O–H groups in total. The number of aliphatic hydroxyl groups excluding tert-OH is 1. The number of aliphatic hydroxyl groups is 1. The first kappa shape index (κ1) is 12.5. The van der Waals surface area contributed by atoms with Gasteiger partial charge in [0.05, 0.1) is 25.2 Å². The molecule has 0 bridgehead atoms. The normalized spacial score (nSPS) is 12.4. The molecule has 0 amide bonds. The van der Waals surface area contributed by atoms with Crippen LogP contribution in [0.2, 0.25) is 0 Å². The van der Waals surface area contributed by atoms with Crippen LogP contribution in [0, 0.1) is 5.82 Å². The van der Waals surface area contributed by atoms with Gasteiger partial charge in [0.25, 0.3) is 0 Å². The number of ether oxygens (including phenoxy) is 1. The van der Waals surface area contributed by atoms with E-state index in [9.17, 15) is 9.50 Å². The quantitative estimate of drug-likeness (QED) is 0.895. The summed E-state index contributed by atoms with van der Waals surface area (Å²) in [6.07, 6.45) is 1.60. The van der Waals surface area contributed by atoms with Crippen molar-refractivity contribution in [2.24, 2.45) is 0 Å². The molecule has 18 heavy (non-hydrogen) atoms. The monoisotopic (exact) mass is 251 g/mol. The first-order valence-electron chi connectivity index (χ1n) is 5.56. The molecule has 2 rings (SSSR count). The van der Waals surface area contributed by atoms with Crippen LogP contribution < -0.4 is 4.74 Å². The average Bonchev–Trinajstić information content (AvgIpc) is 2.81. The van der Waals surface area contributed by atoms with E-state index >= 15 is 0 Å². The minimum absolute atomic E-state index is 0.352. The van der Waals surface area contributed by atoms with Crippen molar-refractivity contribution in [1.82, 2.24) is 14.8 Å². The highest BCUT2D eigenvalue weighted by molar-refractivity contribution is 5.32. The first-order valence-corrected chi connectivity index (χ1v) is 5.56. The summed E-state index contributed by atoms with van der Waals surface area (Å²) in [7, 11) is 1.51. The Morgan fingerprint density at radius 3 is 2.78 bits per heavy atom. The van der Waals surface area contributed by atoms with Crippen LogP contribution in [0.1, 0.15) is 24.4 Å². The van der Waals surface area contributed by atoms with E-state index in [-0.39, 0.29) is 0 Å². The van der Waals surface area contributed by atoms with Crippen molar-refractivity contribution in [2.75, 3.05) is 7.11 Å². The Morgan fingerprint density at radius 1 is 1.44 bits per heavy atom. The number of hydrogen-bond donors (Lipinski definition) is 1. The lowest BCUT2D eigenvalue weighted by atomic mass is 10.1. The Labute approximate surface area is 104 Å². The molecule has 2 aromatic heterocycles. The van der Waals surface area contributed by atoms with Gasteiger partial charge in [-0.15, -0.1) is 0 Å². The second-order valence-electron chi connectivity index (χ2n) is 3.72. The number of halogens is 1. The molecule has 0 aliphatic carbocycles. The van der Waals surface area contributed by atoms with Crippen LogP contribution in [-0.2, 0) is 6.54 Å². The van der Waals surface area contributed by atoms with E-state index < -0.39 is 11.9 Å². The van der Waals surface area contributed by atoms with Gasteiger partial charge >= 0.3 is 0 Å². The maximum absolute atomic E-state index is 12.8. The van der Waals surface area contributed by atoms with Crippen molar-refractivity contribution in [2.45, 2.75) is 19.6 Å². The van der Waals surface area contributed by atoms with Gasteiger partial charge in [-0.05, 0) is 19.1 Å². The second-order valence-corrected chi connectivity index (χ2v) is 3.72. The molecule has 6 heteroatoms. The molecule has 2 aromatic rings. The van der Waals surface area contributed by atoms with Crippen LogP contribution in [0.3, 0.4) is 0 Å². The van der Waals surface area contributed by atoms with Crippen LogP contribution in [0.25, 0.3) is 0 Å². The summed E-state index contributed by atoms with van der Waals surface area (Å²) < 4.78 is 19.6. The summed E-state index contributed by atoms with van der Waals surface area (Å²) in [5, 5.41) is 14.4. The van der Waals surface area contributed by atoms with E-state index in [2.05, 4.69) is 10.1 Å². The summed E-state index contributed by atoms with van der Waals surface area (Å²) in [5.74, 6) is 0.0392. The van der Waals surface area contributed by atoms with E-state index in [1.165, 1.54) is 25.4 Å². The predicted octanol–water partition coefficient (Wildman–Crippen LogP) is 1.53. The fourth-order valence-corrected chi connectivity index (χ4v) is 1.75. The third kappa shape index (κ3) is 2.19. The van der Waals surface area contributed by atoms with Gasteiger partial charge in [-0.25, -0.2) is 4.39 Å². The second kappa shape index (κ2) is 5.14. The van der Waals surface area contributed by atoms with Crippen LogP contribution in [0.15, 0.2) is 24.5 Å². The van der Waals surface area contributed by atoms with Gasteiger partial charge in [-0.3, -0.25) is 9.67 Å². The van der Waals surface area contributed by atoms with Crippen molar-refractivity contribution >= 4 is 0 Å². The third-order valence-electron chi connectivity index (χ3n) is 2.65. The Morgan fingerprint density at radius 2 is 2.22 bits per heavy atom. The number of rotatable bonds is 4. The van der Waals surface area contributed by atoms with E-state index in [0.29, 0.717) is 23.7 Å². The standard InChI is InChI=1S/C12H14FN3O2/c1-3-16-11(10(18-2)7-15-16)12(17)9-5-4-8(13)6-14-9/h4-7,12,17H,3H2,1-2H3. The predicted molar refractivity (Wildman–Crippen MR) is 62.7 cm³/mol. The zero-order valence-electron chi connectivity index (χ0n) is 10.2. The van der Waals surface area contributed by atoms with Gasteiger partial charge in [0.1, 0.15) is 17.6 Å². The summed E-state index contributed by atoms with van der Waals surface area (Å²) in [6.45, 7) is 2.50. The topological polar surface area (TPSA) is 60.2 Å². The first-order chi connectivity index (χ1) is 8.67. The minimum atomic E-state index is -0.997. The van der Waals surface area contributed by atoms with Crippen LogP contribution in [0.4, 0.5) is 4.39 Å². The van der Waals surface area contributed by atoms with E-state index in [0.717, 1.165) is 6.20 Å². The molecule has 0 saturated heterocycles. The van der Waals surface area contributed by atoms with E-state index in [4.69, 9.17) is 4.74 Å². The van der Waals surface area contributed by atoms with Crippen molar-refractivity contribution < 1.29 is 14.2 Å². The molecule has 1 unspecified atom stereocenters. The van der Waals surface area contributed by atoms with Gasteiger partial charge in [-0.1, -0.05) is 0 Å². The summed E-state index contributed by atoms with van der Waals surface area (Å²) in [4.78, 5) is 3.86. The number of nitrogens with zero attached hydrogens (tertiary/aromatic N) is 3. The Kier molecular flexibility index (Phi) is 3.57. The number of hydrogen-bond acceptors (Lipinski definition) is 4. The Hall–Kier alpha value is -1.95. The van der Waals surface area contributed by atoms with Gasteiger partial charge < -0.3 is 9.84 Å². The molecule has 0 spiro atoms. The summed E-state index contributed by atoms with van der Waals surface area (Å²) >= 11 is 0. The lowest BCUT2D eigenvalue weighted by Gasteiger charge is -2.13. The number of pyridine rings is 1. The molecule has 5 nitrogen and oxygen atoms in total. The van der Waals surface area contributed by atoms with Crippen molar-refractivity contribution in [3.05, 3.63) is 41.7 Å².